The highest BCUT2D eigenvalue weighted by molar-refractivity contribution is 5.01. The molecule has 35 nitrogen and oxygen atoms in total. The SMILES string of the molecule is OC[C@H]1O[C@@H]2O[C@H]3[C@H](O)[C@@H](O)[C@@H](O[C@H]4[C@H](O)[C@@H](O)[C@@H](O[C@H]5[C@H](O)[C@@H](O)[C@@H](O[C@H]6[C@H](O)[C@@H](O)[C@@H](O[C@H]7[C@H](O)[C@@H](O)[C@@H](O[C@H]8[C@H](O)[C@@H](O)[C@@H](O[C@H]1[C@H](O)[C@@H]2O)O[C@@H]8CO)O[C@@H]7CO)O[C@@H]6CO)O[C@@H]5CO)O[C@@H]4CO)O[C@@H]3CO. The number of hydrogen-bond acceptors (Lipinski definition) is 35. The first kappa shape index (κ1) is 61.7. The number of hydrogen-bond donors (Lipinski definition) is 21. The van der Waals surface area contributed by atoms with E-state index in [4.69, 9.17) is 66.3 Å². The van der Waals surface area contributed by atoms with E-state index in [1.165, 1.54) is 0 Å². The van der Waals surface area contributed by atoms with Gasteiger partial charge in [-0.05, 0) is 0 Å². The number of aliphatic hydroxyl groups is 21. The molecule has 21 rings (SSSR count). The maximum absolute atomic E-state index is 11.3. The minimum absolute atomic E-state index is 1.05. The third kappa shape index (κ3) is 12.1. The largest absolute Gasteiger partial charge is 0.394 e. The van der Waals surface area contributed by atoms with Crippen molar-refractivity contribution in [1.29, 1.82) is 0 Å². The van der Waals surface area contributed by atoms with Crippen LogP contribution in [0.1, 0.15) is 0 Å². The van der Waals surface area contributed by atoms with Crippen LogP contribution in [0, 0.1) is 0 Å². The molecule has 0 aliphatic carbocycles. The number of ether oxygens (including phenoxy) is 14. The lowest BCUT2D eigenvalue weighted by atomic mass is 9.95. The molecule has 448 valence electrons. The normalized spacial score (nSPS) is 55.4. The lowest BCUT2D eigenvalue weighted by Gasteiger charge is -2.50. The van der Waals surface area contributed by atoms with E-state index in [2.05, 4.69) is 0 Å². The van der Waals surface area contributed by atoms with E-state index in [-0.39, 0.29) is 0 Å². The van der Waals surface area contributed by atoms with E-state index in [9.17, 15) is 107 Å². The van der Waals surface area contributed by atoms with Crippen molar-refractivity contribution in [2.75, 3.05) is 46.2 Å². The van der Waals surface area contributed by atoms with Crippen LogP contribution < -0.4 is 0 Å². The summed E-state index contributed by atoms with van der Waals surface area (Å²) in [6.07, 6.45) is -70.2. The van der Waals surface area contributed by atoms with Crippen LogP contribution in [0.5, 0.6) is 0 Å². The molecule has 21 N–H and O–H groups in total. The van der Waals surface area contributed by atoms with Gasteiger partial charge in [-0.25, -0.2) is 0 Å². The fourth-order valence-corrected chi connectivity index (χ4v) is 10.4. The Hall–Kier alpha value is -1.40. The monoisotopic (exact) mass is 1130 g/mol. The summed E-state index contributed by atoms with van der Waals surface area (Å²) in [5.41, 5.74) is 0. The molecule has 21 heterocycles. The van der Waals surface area contributed by atoms with Crippen LogP contribution in [0.2, 0.25) is 0 Å². The van der Waals surface area contributed by atoms with Crippen molar-refractivity contribution in [2.24, 2.45) is 0 Å². The molecule has 0 saturated carbocycles. The van der Waals surface area contributed by atoms with Crippen molar-refractivity contribution in [3.63, 3.8) is 0 Å². The molecule has 0 unspecified atom stereocenters. The van der Waals surface area contributed by atoms with Gasteiger partial charge in [0.25, 0.3) is 0 Å². The Kier molecular flexibility index (Phi) is 20.8. The van der Waals surface area contributed by atoms with E-state index < -0.39 is 261 Å². The molecular formula is C42H70O35. The van der Waals surface area contributed by atoms with Gasteiger partial charge in [-0.1, -0.05) is 0 Å². The van der Waals surface area contributed by atoms with Gasteiger partial charge in [0.05, 0.1) is 46.2 Å². The van der Waals surface area contributed by atoms with Crippen LogP contribution in [-0.2, 0) is 66.3 Å². The summed E-state index contributed by atoms with van der Waals surface area (Å²) in [4.78, 5) is 0. The van der Waals surface area contributed by atoms with Crippen LogP contribution in [0.25, 0.3) is 0 Å². The van der Waals surface area contributed by atoms with Gasteiger partial charge >= 0.3 is 0 Å². The second kappa shape index (κ2) is 26.0. The summed E-state index contributed by atoms with van der Waals surface area (Å²) in [7, 11) is 0. The van der Waals surface area contributed by atoms with Crippen LogP contribution in [-0.4, -0.2) is 368 Å². The van der Waals surface area contributed by atoms with Crippen molar-refractivity contribution >= 4 is 0 Å². The molecule has 0 amide bonds. The third-order valence-electron chi connectivity index (χ3n) is 14.8. The molecule has 21 aliphatic rings. The van der Waals surface area contributed by atoms with Gasteiger partial charge in [-0.2, -0.15) is 0 Å². The zero-order valence-electron chi connectivity index (χ0n) is 40.3. The van der Waals surface area contributed by atoms with E-state index in [0.29, 0.717) is 0 Å². The average molecular weight is 1130 g/mol. The lowest BCUT2D eigenvalue weighted by molar-refractivity contribution is -0.396. The third-order valence-corrected chi connectivity index (χ3v) is 14.8. The summed E-state index contributed by atoms with van der Waals surface area (Å²) in [5.74, 6) is 0. The molecule has 35 atom stereocenters. The molecule has 35 heteroatoms. The fraction of sp³-hybridized carbons (Fsp3) is 1.00. The molecule has 14 bridgehead atoms. The summed E-state index contributed by atoms with van der Waals surface area (Å²) >= 11 is 0. The molecule has 0 aromatic carbocycles. The van der Waals surface area contributed by atoms with Crippen LogP contribution in [0.15, 0.2) is 0 Å². The molecule has 0 aromatic heterocycles. The zero-order valence-corrected chi connectivity index (χ0v) is 40.3. The van der Waals surface area contributed by atoms with Crippen LogP contribution in [0.4, 0.5) is 0 Å². The Bertz CT molecular complexity index is 1470. The predicted octanol–water partition coefficient (Wildman–Crippen LogP) is -15.2. The molecule has 0 spiro atoms. The maximum atomic E-state index is 11.3. The van der Waals surface area contributed by atoms with Crippen molar-refractivity contribution in [1.82, 2.24) is 0 Å². The van der Waals surface area contributed by atoms with E-state index in [1.807, 2.05) is 0 Å². The van der Waals surface area contributed by atoms with Crippen molar-refractivity contribution in [3.05, 3.63) is 0 Å². The highest BCUT2D eigenvalue weighted by Crippen LogP contribution is 2.39. The first-order chi connectivity index (χ1) is 36.7. The second-order valence-electron chi connectivity index (χ2n) is 19.7. The van der Waals surface area contributed by atoms with Crippen molar-refractivity contribution in [2.45, 2.75) is 215 Å². The molecule has 21 fully saturated rings. The molecular weight excluding hydrogens is 1060 g/mol. The number of rotatable bonds is 7. The fourth-order valence-electron chi connectivity index (χ4n) is 10.4. The Morgan fingerprint density at radius 1 is 0.156 bits per heavy atom. The van der Waals surface area contributed by atoms with E-state index in [1.54, 1.807) is 0 Å². The van der Waals surface area contributed by atoms with Gasteiger partial charge < -0.3 is 174 Å². The number of aliphatic hydroxyl groups excluding tert-OH is 21. The summed E-state index contributed by atoms with van der Waals surface area (Å²) in [5, 5.41) is 230. The Morgan fingerprint density at radius 2 is 0.260 bits per heavy atom. The van der Waals surface area contributed by atoms with Crippen molar-refractivity contribution in [3.8, 4) is 0 Å². The Morgan fingerprint density at radius 3 is 0.351 bits per heavy atom. The van der Waals surface area contributed by atoms with Crippen molar-refractivity contribution < 1.29 is 174 Å². The summed E-state index contributed by atoms with van der Waals surface area (Å²) in [6.45, 7) is -7.33. The van der Waals surface area contributed by atoms with Gasteiger partial charge in [-0.3, -0.25) is 0 Å². The highest BCUT2D eigenvalue weighted by Gasteiger charge is 2.59. The molecule has 0 radical (unpaired) electrons. The van der Waals surface area contributed by atoms with Gasteiger partial charge in [0.1, 0.15) is 171 Å². The Labute approximate surface area is 434 Å². The zero-order chi connectivity index (χ0) is 56.1. The van der Waals surface area contributed by atoms with Gasteiger partial charge in [0, 0.05) is 0 Å². The molecule has 21 saturated heterocycles. The average Bonchev–Trinajstić information content (AvgIpc) is 3.45. The smallest absolute Gasteiger partial charge is 0.187 e. The summed E-state index contributed by atoms with van der Waals surface area (Å²) < 4.78 is 79.5. The Balaban J connectivity index is 1.08. The minimum atomic E-state index is -2.21. The molecule has 21 aliphatic heterocycles. The van der Waals surface area contributed by atoms with Gasteiger partial charge in [-0.15, -0.1) is 0 Å². The first-order valence-electron chi connectivity index (χ1n) is 24.6. The lowest BCUT2D eigenvalue weighted by Crippen LogP contribution is -2.68. The molecule has 77 heavy (non-hydrogen) atoms. The highest BCUT2D eigenvalue weighted by atomic mass is 16.8. The quantitative estimate of drug-likeness (QED) is 0.113. The minimum Gasteiger partial charge on any atom is -0.394 e. The predicted molar refractivity (Wildman–Crippen MR) is 228 cm³/mol. The first-order valence-corrected chi connectivity index (χ1v) is 24.6. The van der Waals surface area contributed by atoms with E-state index >= 15 is 0 Å². The van der Waals surface area contributed by atoms with Crippen LogP contribution >= 0.6 is 0 Å². The summed E-state index contributed by atoms with van der Waals surface area (Å²) in [6, 6.07) is 0. The standard InChI is InChI=1S/C42H70O35/c43-1-8-29-15(50)22(57)36(64-8)72-30-9(2-44)66-38(24(59)17(30)52)74-32-11(4-46)68-40(26(61)19(32)54)76-34-13(6-48)70-42(28(63)21(34)56)77-35-14(7-49)69-41(27(62)20(35)55)75-33-12(5-47)67-39(25(60)18(33)53)73-31-10(3-45)65-37(71-29)23(58)16(31)51/h8-63H,1-7H2/t8-,9-,10-,11-,12-,13-,14-,15-,16-,17-,18-,19-,20-,21-,22-,23-,24-,25-,26-,27-,28+,29-,30-,31-,32-,33-,34-,35-,36-,37-,38-,39-,40-,41-,42-/m1/s1. The topological polar surface area (TPSA) is 554 Å². The van der Waals surface area contributed by atoms with E-state index in [0.717, 1.165) is 0 Å². The van der Waals surface area contributed by atoms with Gasteiger partial charge in [0.15, 0.2) is 44.0 Å². The maximum Gasteiger partial charge on any atom is 0.187 e. The van der Waals surface area contributed by atoms with Crippen LogP contribution in [0.3, 0.4) is 0 Å². The second-order valence-corrected chi connectivity index (χ2v) is 19.7. The van der Waals surface area contributed by atoms with Gasteiger partial charge in [0.2, 0.25) is 0 Å². The molecule has 0 aromatic rings.